The molecule has 0 fully saturated rings. The quantitative estimate of drug-likeness (QED) is 0.156. The number of rotatable bonds is 8. The number of benzene rings is 9. The average molecular weight is 716 g/mol. The van der Waals surface area contributed by atoms with Crippen molar-refractivity contribution in [3.63, 3.8) is 0 Å². The molecule has 10 rings (SSSR count). The van der Waals surface area contributed by atoms with Gasteiger partial charge in [-0.1, -0.05) is 182 Å². The summed E-state index contributed by atoms with van der Waals surface area (Å²) in [6, 6.07) is 79.9. The van der Waals surface area contributed by atoms with Gasteiger partial charge in [0.1, 0.15) is 11.3 Å². The first-order chi connectivity index (χ1) is 27.8. The minimum atomic E-state index is 0.889. The summed E-state index contributed by atoms with van der Waals surface area (Å²) in [6.45, 7) is 0. The monoisotopic (exact) mass is 715 g/mol. The van der Waals surface area contributed by atoms with Gasteiger partial charge in [0, 0.05) is 33.5 Å². The summed E-state index contributed by atoms with van der Waals surface area (Å²) in [5.41, 5.74) is 14.6. The minimum Gasteiger partial charge on any atom is -0.455 e. The van der Waals surface area contributed by atoms with Gasteiger partial charge >= 0.3 is 0 Å². The predicted molar refractivity (Wildman–Crippen MR) is 236 cm³/mol. The Kier molecular flexibility index (Phi) is 8.55. The van der Waals surface area contributed by atoms with Crippen LogP contribution in [0.4, 0.5) is 17.1 Å². The van der Waals surface area contributed by atoms with E-state index in [0.29, 0.717) is 0 Å². The van der Waals surface area contributed by atoms with E-state index in [2.05, 4.69) is 217 Å². The molecule has 0 saturated heterocycles. The third-order valence-electron chi connectivity index (χ3n) is 10.7. The molecule has 0 amide bonds. The lowest BCUT2D eigenvalue weighted by molar-refractivity contribution is 0.632. The molecule has 0 saturated carbocycles. The Morgan fingerprint density at radius 3 is 1.64 bits per heavy atom. The predicted octanol–water partition coefficient (Wildman–Crippen LogP) is 15.4. The summed E-state index contributed by atoms with van der Waals surface area (Å²) in [6.07, 6.45) is 0. The van der Waals surface area contributed by atoms with Crippen molar-refractivity contribution in [1.82, 2.24) is 0 Å². The van der Waals surface area contributed by atoms with Crippen molar-refractivity contribution in [2.75, 3.05) is 4.90 Å². The van der Waals surface area contributed by atoms with Crippen LogP contribution in [0.25, 0.3) is 77.6 Å². The summed E-state index contributed by atoms with van der Waals surface area (Å²) in [7, 11) is 0. The van der Waals surface area contributed by atoms with Gasteiger partial charge in [0.15, 0.2) is 0 Å². The number of para-hydroxylation sites is 2. The van der Waals surface area contributed by atoms with Crippen LogP contribution in [0.5, 0.6) is 0 Å². The number of anilines is 3. The van der Waals surface area contributed by atoms with Crippen molar-refractivity contribution in [2.24, 2.45) is 0 Å². The Balaban J connectivity index is 0.984. The summed E-state index contributed by atoms with van der Waals surface area (Å²) in [4.78, 5) is 2.37. The fraction of sp³-hybridized carbons (Fsp3) is 0. The number of nitrogens with zero attached hydrogens (tertiary/aromatic N) is 1. The van der Waals surface area contributed by atoms with Crippen LogP contribution in [-0.4, -0.2) is 0 Å². The van der Waals surface area contributed by atoms with Crippen molar-refractivity contribution >= 4 is 38.8 Å². The number of hydrogen-bond donors (Lipinski definition) is 0. The van der Waals surface area contributed by atoms with Crippen LogP contribution >= 0.6 is 0 Å². The molecule has 56 heavy (non-hydrogen) atoms. The van der Waals surface area contributed by atoms with Gasteiger partial charge in [-0.2, -0.15) is 0 Å². The summed E-state index contributed by atoms with van der Waals surface area (Å²) >= 11 is 0. The summed E-state index contributed by atoms with van der Waals surface area (Å²) < 4.78 is 6.53. The lowest BCUT2D eigenvalue weighted by atomic mass is 9.95. The van der Waals surface area contributed by atoms with E-state index in [-0.39, 0.29) is 0 Å². The molecule has 1 heterocycles. The van der Waals surface area contributed by atoms with Gasteiger partial charge in [-0.05, 0) is 86.6 Å². The molecule has 0 radical (unpaired) electrons. The zero-order valence-corrected chi connectivity index (χ0v) is 30.7. The van der Waals surface area contributed by atoms with Gasteiger partial charge in [-0.25, -0.2) is 0 Å². The Morgan fingerprint density at radius 1 is 0.321 bits per heavy atom. The molecule has 2 nitrogen and oxygen atoms in total. The Hall–Kier alpha value is -7.42. The maximum atomic E-state index is 6.53. The fourth-order valence-electron chi connectivity index (χ4n) is 7.91. The van der Waals surface area contributed by atoms with E-state index in [1.807, 2.05) is 12.1 Å². The second-order valence-electron chi connectivity index (χ2n) is 14.1. The molecule has 10 aromatic rings. The smallest absolute Gasteiger partial charge is 0.143 e. The zero-order valence-electron chi connectivity index (χ0n) is 30.7. The number of hydrogen-bond acceptors (Lipinski definition) is 2. The molecule has 1 aromatic heterocycles. The van der Waals surface area contributed by atoms with Gasteiger partial charge in [-0.15, -0.1) is 0 Å². The van der Waals surface area contributed by atoms with Crippen molar-refractivity contribution < 1.29 is 4.42 Å². The first-order valence-electron chi connectivity index (χ1n) is 19.1. The van der Waals surface area contributed by atoms with E-state index in [4.69, 9.17) is 4.42 Å². The van der Waals surface area contributed by atoms with Crippen LogP contribution < -0.4 is 4.90 Å². The lowest BCUT2D eigenvalue weighted by Gasteiger charge is -2.28. The Bertz CT molecular complexity index is 2940. The van der Waals surface area contributed by atoms with E-state index in [1.165, 1.54) is 33.0 Å². The fourth-order valence-corrected chi connectivity index (χ4v) is 7.91. The van der Waals surface area contributed by atoms with E-state index in [1.54, 1.807) is 0 Å². The molecular formula is C54H37NO. The number of fused-ring (bicyclic) bond motifs is 2. The van der Waals surface area contributed by atoms with Crippen molar-refractivity contribution in [3.05, 3.63) is 224 Å². The van der Waals surface area contributed by atoms with Crippen LogP contribution in [0.3, 0.4) is 0 Å². The van der Waals surface area contributed by atoms with E-state index >= 15 is 0 Å². The normalized spacial score (nSPS) is 11.2. The van der Waals surface area contributed by atoms with Gasteiger partial charge in [0.05, 0.1) is 5.69 Å². The van der Waals surface area contributed by atoms with Crippen LogP contribution in [-0.2, 0) is 0 Å². The van der Waals surface area contributed by atoms with Gasteiger partial charge in [0.25, 0.3) is 0 Å². The third kappa shape index (κ3) is 6.24. The molecule has 9 aromatic carbocycles. The minimum absolute atomic E-state index is 0.889. The van der Waals surface area contributed by atoms with Crippen LogP contribution in [0.2, 0.25) is 0 Å². The molecule has 0 aliphatic carbocycles. The standard InChI is InChI=1S/C54H37NO/c1-3-15-42(16-4-1)49-22-9-11-24-51(49)55(48-35-32-38-14-7-8-19-45(38)37-48)47-33-30-40(31-34-47)39-26-28-41(29-27-39)44-20-13-21-46(36-44)54-53(43-17-5-2-6-18-43)50-23-10-12-25-52(50)56-54/h1-37H. The van der Waals surface area contributed by atoms with Crippen LogP contribution in [0.15, 0.2) is 229 Å². The average Bonchev–Trinajstić information content (AvgIpc) is 3.68. The summed E-state index contributed by atoms with van der Waals surface area (Å²) in [5.74, 6) is 0.889. The molecule has 264 valence electrons. The SMILES string of the molecule is c1ccc(-c2ccccc2N(c2ccc(-c3ccc(-c4cccc(-c5oc6ccccc6c5-c5ccccc5)c4)cc3)cc2)c2ccc3ccccc3c2)cc1. The number of furan rings is 1. The second kappa shape index (κ2) is 14.4. The second-order valence-corrected chi connectivity index (χ2v) is 14.1. The highest BCUT2D eigenvalue weighted by Crippen LogP contribution is 2.43. The molecule has 0 N–H and O–H groups in total. The first-order valence-corrected chi connectivity index (χ1v) is 19.1. The maximum absolute atomic E-state index is 6.53. The lowest BCUT2D eigenvalue weighted by Crippen LogP contribution is -2.11. The van der Waals surface area contributed by atoms with Gasteiger partial charge in [-0.3, -0.25) is 0 Å². The molecule has 0 aliphatic rings. The van der Waals surface area contributed by atoms with Crippen molar-refractivity contribution in [1.29, 1.82) is 0 Å². The third-order valence-corrected chi connectivity index (χ3v) is 10.7. The Labute approximate surface area is 327 Å². The molecule has 2 heteroatoms. The zero-order chi connectivity index (χ0) is 37.3. The molecule has 0 bridgehead atoms. The van der Waals surface area contributed by atoms with E-state index in [0.717, 1.165) is 61.6 Å². The van der Waals surface area contributed by atoms with Crippen LogP contribution in [0, 0.1) is 0 Å². The largest absolute Gasteiger partial charge is 0.455 e. The topological polar surface area (TPSA) is 16.4 Å². The molecule has 0 aliphatic heterocycles. The molecule has 0 unspecified atom stereocenters. The molecule has 0 spiro atoms. The highest BCUT2D eigenvalue weighted by molar-refractivity contribution is 6.02. The highest BCUT2D eigenvalue weighted by Gasteiger charge is 2.19. The molecule has 0 atom stereocenters. The van der Waals surface area contributed by atoms with E-state index < -0.39 is 0 Å². The highest BCUT2D eigenvalue weighted by atomic mass is 16.3. The molecular weight excluding hydrogens is 679 g/mol. The summed E-state index contributed by atoms with van der Waals surface area (Å²) in [5, 5.41) is 3.56. The first kappa shape index (κ1) is 33.2. The van der Waals surface area contributed by atoms with Gasteiger partial charge < -0.3 is 9.32 Å². The van der Waals surface area contributed by atoms with Gasteiger partial charge in [0.2, 0.25) is 0 Å². The van der Waals surface area contributed by atoms with E-state index in [9.17, 15) is 0 Å². The maximum Gasteiger partial charge on any atom is 0.143 e. The Morgan fingerprint density at radius 2 is 0.875 bits per heavy atom. The van der Waals surface area contributed by atoms with Crippen molar-refractivity contribution in [3.8, 4) is 55.8 Å². The van der Waals surface area contributed by atoms with Crippen molar-refractivity contribution in [2.45, 2.75) is 0 Å². The van der Waals surface area contributed by atoms with Crippen LogP contribution in [0.1, 0.15) is 0 Å².